The van der Waals surface area contributed by atoms with Gasteiger partial charge >= 0.3 is 0 Å². The van der Waals surface area contributed by atoms with Crippen molar-refractivity contribution in [1.82, 2.24) is 10.1 Å². The maximum absolute atomic E-state index is 5.64. The molecule has 1 fully saturated rings. The molecule has 3 rings (SSSR count). The van der Waals surface area contributed by atoms with Crippen LogP contribution in [0.4, 0.5) is 5.95 Å². The van der Waals surface area contributed by atoms with Crippen LogP contribution in [0.25, 0.3) is 11.5 Å². The molecule has 1 aromatic carbocycles. The number of hydrogen-bond acceptors (Lipinski definition) is 5. The van der Waals surface area contributed by atoms with Crippen LogP contribution in [0.15, 0.2) is 34.9 Å². The topological polar surface area (TPSA) is 60.2 Å². The molecular weight excluding hydrogens is 242 g/mol. The van der Waals surface area contributed by atoms with Crippen molar-refractivity contribution < 1.29 is 9.26 Å². The Kier molecular flexibility index (Phi) is 3.74. The number of nitrogens with one attached hydrogen (secondary N) is 1. The largest absolute Gasteiger partial charge is 0.376 e. The van der Waals surface area contributed by atoms with Gasteiger partial charge in [0.2, 0.25) is 0 Å². The fourth-order valence-electron chi connectivity index (χ4n) is 2.17. The molecule has 19 heavy (non-hydrogen) atoms. The first-order chi connectivity index (χ1) is 9.42. The zero-order valence-corrected chi connectivity index (χ0v) is 10.7. The molecule has 0 spiro atoms. The average molecular weight is 259 g/mol. The highest BCUT2D eigenvalue weighted by atomic mass is 16.5. The van der Waals surface area contributed by atoms with Gasteiger partial charge < -0.3 is 14.6 Å². The van der Waals surface area contributed by atoms with Crippen LogP contribution in [0.2, 0.25) is 0 Å². The fourth-order valence-corrected chi connectivity index (χ4v) is 2.17. The Balaban J connectivity index is 1.59. The number of rotatable bonds is 4. The average Bonchev–Trinajstić information content (AvgIpc) is 2.96. The summed E-state index contributed by atoms with van der Waals surface area (Å²) in [5, 5.41) is 7.09. The monoisotopic (exact) mass is 259 g/mol. The van der Waals surface area contributed by atoms with Crippen LogP contribution in [0, 0.1) is 0 Å². The lowest BCUT2D eigenvalue weighted by Crippen LogP contribution is -2.27. The van der Waals surface area contributed by atoms with Crippen LogP contribution in [0.1, 0.15) is 19.3 Å². The zero-order valence-electron chi connectivity index (χ0n) is 10.7. The van der Waals surface area contributed by atoms with Gasteiger partial charge in [-0.25, -0.2) is 0 Å². The van der Waals surface area contributed by atoms with Crippen LogP contribution in [-0.2, 0) is 4.74 Å². The highest BCUT2D eigenvalue weighted by molar-refractivity contribution is 5.53. The molecule has 1 unspecified atom stereocenters. The Labute approximate surface area is 112 Å². The fraction of sp³-hybridized carbons (Fsp3) is 0.429. The molecule has 5 nitrogen and oxygen atoms in total. The molecule has 1 saturated heterocycles. The number of aromatic nitrogens is 2. The van der Waals surface area contributed by atoms with E-state index in [1.165, 1.54) is 6.42 Å². The summed E-state index contributed by atoms with van der Waals surface area (Å²) in [5.74, 6) is 1.06. The van der Waals surface area contributed by atoms with E-state index in [2.05, 4.69) is 15.5 Å². The maximum Gasteiger partial charge on any atom is 0.263 e. The number of ether oxygens (including phenoxy) is 1. The van der Waals surface area contributed by atoms with Gasteiger partial charge in [-0.2, -0.15) is 4.98 Å². The number of benzene rings is 1. The Hall–Kier alpha value is -1.88. The molecule has 0 bridgehead atoms. The Morgan fingerprint density at radius 1 is 1.21 bits per heavy atom. The molecule has 5 heteroatoms. The van der Waals surface area contributed by atoms with Gasteiger partial charge in [-0.15, -0.1) is 0 Å². The Bertz CT molecular complexity index is 506. The van der Waals surface area contributed by atoms with Gasteiger partial charge in [-0.05, 0) is 36.6 Å². The minimum absolute atomic E-state index is 0.257. The van der Waals surface area contributed by atoms with Crippen LogP contribution in [0.5, 0.6) is 0 Å². The summed E-state index contributed by atoms with van der Waals surface area (Å²) in [5.41, 5.74) is 0.928. The summed E-state index contributed by atoms with van der Waals surface area (Å²) in [6.07, 6.45) is 3.74. The third kappa shape index (κ3) is 3.12. The predicted octanol–water partition coefficient (Wildman–Crippen LogP) is 2.72. The molecule has 2 heterocycles. The molecule has 0 saturated carbocycles. The Morgan fingerprint density at radius 3 is 2.89 bits per heavy atom. The lowest BCUT2D eigenvalue weighted by atomic mass is 10.1. The SMILES string of the molecule is c1ccc(-c2nc(NCC3CCCCO3)no2)cc1. The normalized spacial score (nSPS) is 19.3. The lowest BCUT2D eigenvalue weighted by Gasteiger charge is -2.22. The highest BCUT2D eigenvalue weighted by Crippen LogP contribution is 2.18. The van der Waals surface area contributed by atoms with Crippen LogP contribution < -0.4 is 5.32 Å². The van der Waals surface area contributed by atoms with Gasteiger partial charge in [-0.1, -0.05) is 18.2 Å². The zero-order chi connectivity index (χ0) is 12.9. The molecule has 0 radical (unpaired) electrons. The maximum atomic E-state index is 5.64. The van der Waals surface area contributed by atoms with Gasteiger partial charge in [0.25, 0.3) is 11.8 Å². The number of hydrogen-bond donors (Lipinski definition) is 1. The van der Waals surface area contributed by atoms with Crippen LogP contribution in [0.3, 0.4) is 0 Å². The third-order valence-electron chi connectivity index (χ3n) is 3.21. The standard InChI is InChI=1S/C14H17N3O2/c1-2-6-11(7-3-1)13-16-14(17-19-13)15-10-12-8-4-5-9-18-12/h1-3,6-7,12H,4-5,8-10H2,(H,15,17). The second kappa shape index (κ2) is 5.84. The molecule has 0 amide bonds. The summed E-state index contributed by atoms with van der Waals surface area (Å²) in [6.45, 7) is 1.58. The molecule has 1 aromatic heterocycles. The van der Waals surface area contributed by atoms with Crippen molar-refractivity contribution in [3.8, 4) is 11.5 Å². The minimum atomic E-state index is 0.257. The van der Waals surface area contributed by atoms with E-state index in [0.717, 1.165) is 31.6 Å². The molecule has 1 N–H and O–H groups in total. The van der Waals surface area contributed by atoms with E-state index in [4.69, 9.17) is 9.26 Å². The molecule has 0 aliphatic carbocycles. The van der Waals surface area contributed by atoms with Gasteiger partial charge in [0.05, 0.1) is 6.10 Å². The van der Waals surface area contributed by atoms with E-state index in [1.54, 1.807) is 0 Å². The van der Waals surface area contributed by atoms with Crippen molar-refractivity contribution in [2.75, 3.05) is 18.5 Å². The van der Waals surface area contributed by atoms with Gasteiger partial charge in [-0.3, -0.25) is 0 Å². The summed E-state index contributed by atoms with van der Waals surface area (Å²) >= 11 is 0. The molecule has 100 valence electrons. The molecule has 1 aliphatic heterocycles. The van der Waals surface area contributed by atoms with Crippen molar-refractivity contribution in [3.63, 3.8) is 0 Å². The van der Waals surface area contributed by atoms with E-state index in [0.29, 0.717) is 11.8 Å². The first-order valence-electron chi connectivity index (χ1n) is 6.66. The van der Waals surface area contributed by atoms with Gasteiger partial charge in [0.1, 0.15) is 0 Å². The van der Waals surface area contributed by atoms with Crippen LogP contribution >= 0.6 is 0 Å². The van der Waals surface area contributed by atoms with Gasteiger partial charge in [0.15, 0.2) is 0 Å². The Morgan fingerprint density at radius 2 is 2.11 bits per heavy atom. The highest BCUT2D eigenvalue weighted by Gasteiger charge is 2.15. The number of anilines is 1. The van der Waals surface area contributed by atoms with E-state index < -0.39 is 0 Å². The summed E-state index contributed by atoms with van der Waals surface area (Å²) in [7, 11) is 0. The van der Waals surface area contributed by atoms with E-state index in [1.807, 2.05) is 30.3 Å². The van der Waals surface area contributed by atoms with E-state index in [9.17, 15) is 0 Å². The minimum Gasteiger partial charge on any atom is -0.376 e. The van der Waals surface area contributed by atoms with Crippen molar-refractivity contribution in [2.45, 2.75) is 25.4 Å². The molecule has 2 aromatic rings. The first kappa shape index (κ1) is 12.2. The second-order valence-corrected chi connectivity index (χ2v) is 4.66. The van der Waals surface area contributed by atoms with Gasteiger partial charge in [0, 0.05) is 18.7 Å². The van der Waals surface area contributed by atoms with Crippen molar-refractivity contribution >= 4 is 5.95 Å². The first-order valence-corrected chi connectivity index (χ1v) is 6.66. The quantitative estimate of drug-likeness (QED) is 0.914. The summed E-state index contributed by atoms with van der Waals surface area (Å²) < 4.78 is 10.9. The van der Waals surface area contributed by atoms with E-state index >= 15 is 0 Å². The van der Waals surface area contributed by atoms with Crippen molar-refractivity contribution in [2.24, 2.45) is 0 Å². The number of nitrogens with zero attached hydrogens (tertiary/aromatic N) is 2. The van der Waals surface area contributed by atoms with Crippen molar-refractivity contribution in [1.29, 1.82) is 0 Å². The van der Waals surface area contributed by atoms with Crippen molar-refractivity contribution in [3.05, 3.63) is 30.3 Å². The molecule has 1 aliphatic rings. The third-order valence-corrected chi connectivity index (χ3v) is 3.21. The second-order valence-electron chi connectivity index (χ2n) is 4.66. The molecule has 1 atom stereocenters. The van der Waals surface area contributed by atoms with Crippen LogP contribution in [-0.4, -0.2) is 29.4 Å². The van der Waals surface area contributed by atoms with E-state index in [-0.39, 0.29) is 6.10 Å². The lowest BCUT2D eigenvalue weighted by molar-refractivity contribution is 0.0246. The predicted molar refractivity (Wildman–Crippen MR) is 71.8 cm³/mol. The molecular formula is C14H17N3O2. The summed E-state index contributed by atoms with van der Waals surface area (Å²) in [6, 6.07) is 9.74. The summed E-state index contributed by atoms with van der Waals surface area (Å²) in [4.78, 5) is 4.32. The smallest absolute Gasteiger partial charge is 0.263 e.